The molecule has 2 aromatic heterocycles. The van der Waals surface area contributed by atoms with Gasteiger partial charge in [0.25, 0.3) is 0 Å². The molecule has 0 saturated carbocycles. The van der Waals surface area contributed by atoms with Gasteiger partial charge in [-0.25, -0.2) is 9.97 Å². The minimum absolute atomic E-state index is 0.0815. The predicted molar refractivity (Wildman–Crippen MR) is 84.4 cm³/mol. The molecule has 21 heavy (non-hydrogen) atoms. The molecular formula is C14H20BrN5O. The van der Waals surface area contributed by atoms with Crippen molar-refractivity contribution >= 4 is 15.9 Å². The molecule has 2 rings (SSSR count). The second kappa shape index (κ2) is 7.00. The SMILES string of the molecule is CCNC(Cc1c(Br)c(C)nn1C)c1cc(OC)ncn1. The largest absolute Gasteiger partial charge is 0.481 e. The van der Waals surface area contributed by atoms with Crippen LogP contribution in [0.4, 0.5) is 0 Å². The number of halogens is 1. The molecule has 0 aliphatic rings. The van der Waals surface area contributed by atoms with Crippen LogP contribution in [-0.4, -0.2) is 33.4 Å². The van der Waals surface area contributed by atoms with Crippen LogP contribution in [0.15, 0.2) is 16.9 Å². The summed E-state index contributed by atoms with van der Waals surface area (Å²) in [6, 6.07) is 1.95. The maximum Gasteiger partial charge on any atom is 0.216 e. The lowest BCUT2D eigenvalue weighted by Gasteiger charge is -2.18. The summed E-state index contributed by atoms with van der Waals surface area (Å²) in [5.41, 5.74) is 3.04. The summed E-state index contributed by atoms with van der Waals surface area (Å²) in [6.45, 7) is 4.92. The lowest BCUT2D eigenvalue weighted by molar-refractivity contribution is 0.393. The second-order valence-electron chi connectivity index (χ2n) is 4.77. The van der Waals surface area contributed by atoms with E-state index in [2.05, 4.69) is 43.2 Å². The minimum Gasteiger partial charge on any atom is -0.481 e. The molecule has 6 nitrogen and oxygen atoms in total. The van der Waals surface area contributed by atoms with Crippen molar-refractivity contribution in [1.29, 1.82) is 0 Å². The number of rotatable bonds is 6. The number of likely N-dealkylation sites (N-methyl/N-ethyl adjacent to an activating group) is 1. The highest BCUT2D eigenvalue weighted by molar-refractivity contribution is 9.10. The summed E-state index contributed by atoms with van der Waals surface area (Å²) in [5.74, 6) is 0.572. The van der Waals surface area contributed by atoms with Crippen LogP contribution in [0.25, 0.3) is 0 Å². The maximum absolute atomic E-state index is 5.18. The molecule has 0 saturated heterocycles. The van der Waals surface area contributed by atoms with Crippen molar-refractivity contribution in [2.75, 3.05) is 13.7 Å². The van der Waals surface area contributed by atoms with Gasteiger partial charge in [0.15, 0.2) is 0 Å². The van der Waals surface area contributed by atoms with E-state index >= 15 is 0 Å². The third-order valence-electron chi connectivity index (χ3n) is 3.34. The van der Waals surface area contributed by atoms with Crippen LogP contribution in [0.1, 0.15) is 30.0 Å². The molecule has 2 aromatic rings. The highest BCUT2D eigenvalue weighted by Gasteiger charge is 2.19. The zero-order valence-corrected chi connectivity index (χ0v) is 14.3. The Kier molecular flexibility index (Phi) is 5.30. The molecule has 114 valence electrons. The van der Waals surface area contributed by atoms with E-state index in [0.29, 0.717) is 5.88 Å². The predicted octanol–water partition coefficient (Wildman–Crippen LogP) is 2.18. The van der Waals surface area contributed by atoms with E-state index < -0.39 is 0 Å². The summed E-state index contributed by atoms with van der Waals surface area (Å²) >= 11 is 3.61. The van der Waals surface area contributed by atoms with E-state index in [1.807, 2.05) is 24.7 Å². The van der Waals surface area contributed by atoms with Gasteiger partial charge in [0.1, 0.15) is 6.33 Å². The zero-order chi connectivity index (χ0) is 15.4. The molecule has 1 unspecified atom stereocenters. The fourth-order valence-electron chi connectivity index (χ4n) is 2.28. The quantitative estimate of drug-likeness (QED) is 0.862. The van der Waals surface area contributed by atoms with Gasteiger partial charge in [-0.05, 0) is 29.4 Å². The van der Waals surface area contributed by atoms with Crippen LogP contribution in [0.3, 0.4) is 0 Å². The Hall–Kier alpha value is -1.47. The standard InChI is InChI=1S/C14H20BrN5O/c1-5-16-10(11-7-13(21-4)18-8-17-11)6-12-14(15)9(2)19-20(12)3/h7-8,10,16H,5-6H2,1-4H3. The molecule has 0 radical (unpaired) electrons. The highest BCUT2D eigenvalue weighted by Crippen LogP contribution is 2.26. The Labute approximate surface area is 133 Å². The third kappa shape index (κ3) is 3.59. The van der Waals surface area contributed by atoms with E-state index in [9.17, 15) is 0 Å². The Morgan fingerprint density at radius 2 is 2.19 bits per heavy atom. The van der Waals surface area contributed by atoms with Crippen LogP contribution >= 0.6 is 15.9 Å². The van der Waals surface area contributed by atoms with Gasteiger partial charge in [-0.2, -0.15) is 5.10 Å². The van der Waals surface area contributed by atoms with Crippen molar-refractivity contribution in [1.82, 2.24) is 25.1 Å². The first-order valence-electron chi connectivity index (χ1n) is 6.84. The smallest absolute Gasteiger partial charge is 0.216 e. The average molecular weight is 354 g/mol. The topological polar surface area (TPSA) is 64.9 Å². The maximum atomic E-state index is 5.18. The van der Waals surface area contributed by atoms with Crippen molar-refractivity contribution in [3.8, 4) is 5.88 Å². The number of aryl methyl sites for hydroxylation is 2. The highest BCUT2D eigenvalue weighted by atomic mass is 79.9. The summed E-state index contributed by atoms with van der Waals surface area (Å²) in [5, 5.41) is 7.89. The molecular weight excluding hydrogens is 334 g/mol. The van der Waals surface area contributed by atoms with Gasteiger partial charge in [-0.1, -0.05) is 6.92 Å². The van der Waals surface area contributed by atoms with Crippen LogP contribution in [0.5, 0.6) is 5.88 Å². The number of ether oxygens (including phenoxy) is 1. The number of methoxy groups -OCH3 is 1. The first-order valence-corrected chi connectivity index (χ1v) is 7.63. The van der Waals surface area contributed by atoms with Gasteiger partial charge >= 0.3 is 0 Å². The minimum atomic E-state index is 0.0815. The molecule has 1 atom stereocenters. The molecule has 0 fully saturated rings. The van der Waals surface area contributed by atoms with Crippen molar-refractivity contribution in [2.45, 2.75) is 26.3 Å². The van der Waals surface area contributed by atoms with E-state index in [4.69, 9.17) is 4.74 Å². The molecule has 0 spiro atoms. The molecule has 0 amide bonds. The normalized spacial score (nSPS) is 12.4. The molecule has 0 aliphatic heterocycles. The number of aromatic nitrogens is 4. The van der Waals surface area contributed by atoms with E-state index in [1.54, 1.807) is 7.11 Å². The van der Waals surface area contributed by atoms with Gasteiger partial charge in [0.2, 0.25) is 5.88 Å². The summed E-state index contributed by atoms with van der Waals surface area (Å²) in [7, 11) is 3.56. The third-order valence-corrected chi connectivity index (χ3v) is 4.37. The van der Waals surface area contributed by atoms with Gasteiger partial charge in [-0.15, -0.1) is 0 Å². The molecule has 0 bridgehead atoms. The number of nitrogens with zero attached hydrogens (tertiary/aromatic N) is 4. The molecule has 1 N–H and O–H groups in total. The van der Waals surface area contributed by atoms with Crippen molar-refractivity contribution in [3.05, 3.63) is 33.9 Å². The fourth-order valence-corrected chi connectivity index (χ4v) is 2.78. The fraction of sp³-hybridized carbons (Fsp3) is 0.500. The Morgan fingerprint density at radius 1 is 1.43 bits per heavy atom. The van der Waals surface area contributed by atoms with Crippen LogP contribution in [0.2, 0.25) is 0 Å². The summed E-state index contributed by atoms with van der Waals surface area (Å²) < 4.78 is 8.13. The molecule has 0 aliphatic carbocycles. The van der Waals surface area contributed by atoms with E-state index in [0.717, 1.165) is 34.5 Å². The van der Waals surface area contributed by atoms with E-state index in [-0.39, 0.29) is 6.04 Å². The van der Waals surface area contributed by atoms with Gasteiger partial charge < -0.3 is 10.1 Å². The van der Waals surface area contributed by atoms with Gasteiger partial charge in [0.05, 0.1) is 34.7 Å². The lowest BCUT2D eigenvalue weighted by Crippen LogP contribution is -2.25. The zero-order valence-electron chi connectivity index (χ0n) is 12.7. The Bertz CT molecular complexity index is 613. The van der Waals surface area contributed by atoms with Crippen molar-refractivity contribution in [3.63, 3.8) is 0 Å². The van der Waals surface area contributed by atoms with Crippen LogP contribution in [-0.2, 0) is 13.5 Å². The Morgan fingerprint density at radius 3 is 2.76 bits per heavy atom. The van der Waals surface area contributed by atoms with Gasteiger partial charge in [-0.3, -0.25) is 4.68 Å². The summed E-state index contributed by atoms with van der Waals surface area (Å²) in [6.07, 6.45) is 2.31. The van der Waals surface area contributed by atoms with Crippen molar-refractivity contribution < 1.29 is 4.74 Å². The lowest BCUT2D eigenvalue weighted by atomic mass is 10.1. The number of nitrogens with one attached hydrogen (secondary N) is 1. The van der Waals surface area contributed by atoms with Crippen LogP contribution < -0.4 is 10.1 Å². The first-order chi connectivity index (χ1) is 10.1. The summed E-state index contributed by atoms with van der Waals surface area (Å²) in [4.78, 5) is 8.43. The molecule has 7 heteroatoms. The molecule has 0 aromatic carbocycles. The second-order valence-corrected chi connectivity index (χ2v) is 5.56. The average Bonchev–Trinajstić information content (AvgIpc) is 2.73. The number of hydrogen-bond donors (Lipinski definition) is 1. The van der Waals surface area contributed by atoms with E-state index in [1.165, 1.54) is 6.33 Å². The molecule has 2 heterocycles. The Balaban J connectivity index is 2.30. The van der Waals surface area contributed by atoms with Crippen LogP contribution in [0, 0.1) is 6.92 Å². The monoisotopic (exact) mass is 353 g/mol. The van der Waals surface area contributed by atoms with Gasteiger partial charge in [0, 0.05) is 19.5 Å². The van der Waals surface area contributed by atoms with Crippen molar-refractivity contribution in [2.24, 2.45) is 7.05 Å². The number of hydrogen-bond acceptors (Lipinski definition) is 5. The first kappa shape index (κ1) is 15.9.